The Morgan fingerprint density at radius 1 is 1.33 bits per heavy atom. The second kappa shape index (κ2) is 4.27. The Morgan fingerprint density at radius 2 is 2.00 bits per heavy atom. The monoisotopic (exact) mass is 162 g/mol. The lowest BCUT2D eigenvalue weighted by atomic mass is 10.1. The van der Waals surface area contributed by atoms with Crippen LogP contribution in [0.15, 0.2) is 24.3 Å². The fraction of sp³-hybridized carbons (Fsp3) is 0.364. The Hall–Kier alpha value is -0.820. The van der Waals surface area contributed by atoms with Crippen LogP contribution in [0.5, 0.6) is 0 Å². The summed E-state index contributed by atoms with van der Waals surface area (Å²) in [6.07, 6.45) is 0. The Bertz CT molecular complexity index is 243. The molecule has 0 fully saturated rings. The van der Waals surface area contributed by atoms with Crippen molar-refractivity contribution >= 4 is 0 Å². The van der Waals surface area contributed by atoms with E-state index in [2.05, 4.69) is 44.0 Å². The summed E-state index contributed by atoms with van der Waals surface area (Å²) in [6, 6.07) is 8.28. The van der Waals surface area contributed by atoms with Crippen LogP contribution in [0.25, 0.3) is 0 Å². The zero-order valence-electron chi connectivity index (χ0n) is 7.88. The molecule has 0 aliphatic rings. The molecule has 0 aromatic heterocycles. The molecule has 0 unspecified atom stereocenters. The van der Waals surface area contributed by atoms with Crippen molar-refractivity contribution in [3.05, 3.63) is 42.3 Å². The molecule has 0 aliphatic heterocycles. The quantitative estimate of drug-likeness (QED) is 0.659. The lowest BCUT2D eigenvalue weighted by molar-refractivity contribution is 0.345. The molecule has 0 amide bonds. The summed E-state index contributed by atoms with van der Waals surface area (Å²) < 4.78 is 0. The summed E-state index contributed by atoms with van der Waals surface area (Å²) in [7, 11) is 2.12. The Labute approximate surface area is 75.0 Å². The average Bonchev–Trinajstić information content (AvgIpc) is 2.09. The lowest BCUT2D eigenvalue weighted by Gasteiger charge is -2.15. The maximum atomic E-state index is 3.98. The molecule has 0 heterocycles. The first kappa shape index (κ1) is 9.27. The second-order valence-corrected chi connectivity index (χ2v) is 3.10. The lowest BCUT2D eigenvalue weighted by Crippen LogP contribution is -2.17. The number of benzene rings is 1. The van der Waals surface area contributed by atoms with Crippen LogP contribution < -0.4 is 0 Å². The van der Waals surface area contributed by atoms with Crippen molar-refractivity contribution < 1.29 is 0 Å². The van der Waals surface area contributed by atoms with Crippen LogP contribution in [0.2, 0.25) is 0 Å². The molecule has 0 bridgehead atoms. The molecule has 0 N–H and O–H groups in total. The van der Waals surface area contributed by atoms with Crippen molar-refractivity contribution in [3.63, 3.8) is 0 Å². The molecule has 1 rings (SSSR count). The highest BCUT2D eigenvalue weighted by Gasteiger charge is 1.99. The van der Waals surface area contributed by atoms with Gasteiger partial charge >= 0.3 is 0 Å². The highest BCUT2D eigenvalue weighted by molar-refractivity contribution is 5.29. The van der Waals surface area contributed by atoms with Crippen LogP contribution in [0.1, 0.15) is 18.1 Å². The van der Waals surface area contributed by atoms with Gasteiger partial charge in [-0.15, -0.1) is 0 Å². The number of hydrogen-bond acceptors (Lipinski definition) is 1. The van der Waals surface area contributed by atoms with Gasteiger partial charge in [0.25, 0.3) is 0 Å². The summed E-state index contributed by atoms with van der Waals surface area (Å²) in [5, 5.41) is 0. The van der Waals surface area contributed by atoms with Crippen LogP contribution in [0.3, 0.4) is 0 Å². The maximum absolute atomic E-state index is 3.98. The predicted octanol–water partition coefficient (Wildman–Crippen LogP) is 2.32. The first-order valence-corrected chi connectivity index (χ1v) is 4.32. The van der Waals surface area contributed by atoms with E-state index in [1.807, 2.05) is 6.07 Å². The van der Waals surface area contributed by atoms with Gasteiger partial charge in [0.15, 0.2) is 0 Å². The van der Waals surface area contributed by atoms with Crippen LogP contribution in [0, 0.1) is 6.92 Å². The molecule has 0 spiro atoms. The van der Waals surface area contributed by atoms with Crippen molar-refractivity contribution in [3.8, 4) is 0 Å². The molecule has 1 aromatic carbocycles. The average molecular weight is 162 g/mol. The second-order valence-electron chi connectivity index (χ2n) is 3.10. The smallest absolute Gasteiger partial charge is 0.0233 e. The van der Waals surface area contributed by atoms with Gasteiger partial charge in [-0.3, -0.25) is 0 Å². The molecule has 0 atom stereocenters. The predicted molar refractivity (Wildman–Crippen MR) is 52.9 cm³/mol. The van der Waals surface area contributed by atoms with Gasteiger partial charge in [0.2, 0.25) is 0 Å². The minimum absolute atomic E-state index is 0.996. The van der Waals surface area contributed by atoms with E-state index in [0.717, 1.165) is 18.7 Å². The Morgan fingerprint density at radius 3 is 2.58 bits per heavy atom. The third-order valence-corrected chi connectivity index (χ3v) is 2.10. The highest BCUT2D eigenvalue weighted by Crippen LogP contribution is 2.08. The first-order valence-electron chi connectivity index (χ1n) is 4.32. The van der Waals surface area contributed by atoms with Crippen LogP contribution in [-0.4, -0.2) is 18.5 Å². The minimum atomic E-state index is 0.996. The van der Waals surface area contributed by atoms with Crippen molar-refractivity contribution in [2.75, 3.05) is 13.6 Å². The van der Waals surface area contributed by atoms with E-state index in [-0.39, 0.29) is 0 Å². The third-order valence-electron chi connectivity index (χ3n) is 2.10. The van der Waals surface area contributed by atoms with E-state index in [1.54, 1.807) is 0 Å². The van der Waals surface area contributed by atoms with Gasteiger partial charge < -0.3 is 4.90 Å². The van der Waals surface area contributed by atoms with E-state index in [1.165, 1.54) is 5.56 Å². The molecule has 65 valence electrons. The van der Waals surface area contributed by atoms with Crippen LogP contribution in [0.4, 0.5) is 0 Å². The van der Waals surface area contributed by atoms with E-state index in [4.69, 9.17) is 0 Å². The molecule has 1 nitrogen and oxygen atoms in total. The van der Waals surface area contributed by atoms with Gasteiger partial charge in [-0.05, 0) is 31.6 Å². The normalized spacial score (nSPS) is 10.7. The maximum Gasteiger partial charge on any atom is 0.0233 e. The van der Waals surface area contributed by atoms with Gasteiger partial charge in [-0.1, -0.05) is 31.2 Å². The fourth-order valence-electron chi connectivity index (χ4n) is 1.11. The van der Waals surface area contributed by atoms with Crippen molar-refractivity contribution in [1.29, 1.82) is 0 Å². The van der Waals surface area contributed by atoms with E-state index in [9.17, 15) is 0 Å². The van der Waals surface area contributed by atoms with E-state index in [0.29, 0.717) is 0 Å². The summed E-state index contributed by atoms with van der Waals surface area (Å²) in [5.41, 5.74) is 2.46. The molecule has 12 heavy (non-hydrogen) atoms. The summed E-state index contributed by atoms with van der Waals surface area (Å²) in [4.78, 5) is 2.27. The van der Waals surface area contributed by atoms with Crippen LogP contribution in [-0.2, 0) is 6.54 Å². The standard InChI is InChI=1S/C11H16N/c1-4-12(3)9-11-8-6-5-7-10(11)2/h5-8H,2,4,9H2,1,3H3. The topological polar surface area (TPSA) is 3.24 Å². The number of nitrogens with zero attached hydrogens (tertiary/aromatic N) is 1. The molecule has 0 saturated heterocycles. The third kappa shape index (κ3) is 2.35. The Balaban J connectivity index is 2.69. The van der Waals surface area contributed by atoms with E-state index < -0.39 is 0 Å². The van der Waals surface area contributed by atoms with Gasteiger partial charge in [0, 0.05) is 6.54 Å². The molecule has 1 aromatic rings. The molecule has 0 saturated carbocycles. The molecule has 0 aliphatic carbocycles. The first-order chi connectivity index (χ1) is 5.74. The largest absolute Gasteiger partial charge is 0.302 e. The minimum Gasteiger partial charge on any atom is -0.302 e. The van der Waals surface area contributed by atoms with Gasteiger partial charge in [0.1, 0.15) is 0 Å². The Kier molecular flexibility index (Phi) is 3.30. The summed E-state index contributed by atoms with van der Waals surface area (Å²) in [5.74, 6) is 0. The summed E-state index contributed by atoms with van der Waals surface area (Å²) >= 11 is 0. The molecular weight excluding hydrogens is 146 g/mol. The van der Waals surface area contributed by atoms with Gasteiger partial charge in [0.05, 0.1) is 0 Å². The number of rotatable bonds is 3. The SMILES string of the molecule is [CH2]c1ccccc1CN(C)CC. The molecular formula is C11H16N. The zero-order chi connectivity index (χ0) is 8.97. The van der Waals surface area contributed by atoms with Crippen molar-refractivity contribution in [1.82, 2.24) is 4.90 Å². The van der Waals surface area contributed by atoms with Crippen molar-refractivity contribution in [2.24, 2.45) is 0 Å². The number of hydrogen-bond donors (Lipinski definition) is 0. The zero-order valence-corrected chi connectivity index (χ0v) is 7.88. The van der Waals surface area contributed by atoms with Gasteiger partial charge in [-0.2, -0.15) is 0 Å². The fourth-order valence-corrected chi connectivity index (χ4v) is 1.11. The van der Waals surface area contributed by atoms with Gasteiger partial charge in [-0.25, -0.2) is 0 Å². The highest BCUT2D eigenvalue weighted by atomic mass is 15.1. The summed E-state index contributed by atoms with van der Waals surface area (Å²) in [6.45, 7) is 8.21. The van der Waals surface area contributed by atoms with Crippen molar-refractivity contribution in [2.45, 2.75) is 13.5 Å². The van der Waals surface area contributed by atoms with Crippen LogP contribution >= 0.6 is 0 Å². The molecule has 1 heteroatoms. The molecule has 1 radical (unpaired) electrons. The van der Waals surface area contributed by atoms with E-state index >= 15 is 0 Å².